The van der Waals surface area contributed by atoms with E-state index in [4.69, 9.17) is 16.3 Å². The Balaban J connectivity index is 2.16. The van der Waals surface area contributed by atoms with Crippen molar-refractivity contribution in [2.24, 2.45) is 5.92 Å². The third-order valence-corrected chi connectivity index (χ3v) is 2.99. The molecule has 0 aliphatic carbocycles. The zero-order chi connectivity index (χ0) is 13.4. The van der Waals surface area contributed by atoms with Crippen LogP contribution in [0.15, 0.2) is 24.3 Å². The first-order chi connectivity index (χ1) is 8.59. The average molecular weight is 269 g/mol. The van der Waals surface area contributed by atoms with Crippen LogP contribution in [0.1, 0.15) is 49.9 Å². The van der Waals surface area contributed by atoms with Gasteiger partial charge in [0.15, 0.2) is 0 Å². The quantitative estimate of drug-likeness (QED) is 0.529. The summed E-state index contributed by atoms with van der Waals surface area (Å²) < 4.78 is 5.19. The van der Waals surface area contributed by atoms with E-state index >= 15 is 0 Å². The van der Waals surface area contributed by atoms with Crippen LogP contribution in [0.4, 0.5) is 0 Å². The zero-order valence-corrected chi connectivity index (χ0v) is 11.9. The molecule has 0 saturated carbocycles. The second-order valence-corrected chi connectivity index (χ2v) is 5.32. The van der Waals surface area contributed by atoms with Crippen LogP contribution in [0.2, 0.25) is 5.02 Å². The van der Waals surface area contributed by atoms with Crippen molar-refractivity contribution in [1.29, 1.82) is 0 Å². The van der Waals surface area contributed by atoms with E-state index in [2.05, 4.69) is 13.8 Å². The predicted molar refractivity (Wildman–Crippen MR) is 75.0 cm³/mol. The summed E-state index contributed by atoms with van der Waals surface area (Å²) in [6.45, 7) is 4.95. The van der Waals surface area contributed by atoms with Crippen LogP contribution >= 0.6 is 11.6 Å². The summed E-state index contributed by atoms with van der Waals surface area (Å²) in [5.74, 6) is 0.483. The van der Waals surface area contributed by atoms with E-state index in [0.29, 0.717) is 17.2 Å². The number of carbonyl (C=O) groups excluding carboxylic acids is 1. The first-order valence-electron chi connectivity index (χ1n) is 6.52. The van der Waals surface area contributed by atoms with Crippen LogP contribution in [-0.4, -0.2) is 12.6 Å². The lowest BCUT2D eigenvalue weighted by atomic mass is 10.1. The third kappa shape index (κ3) is 6.06. The molecular weight excluding hydrogens is 248 g/mol. The maximum Gasteiger partial charge on any atom is 0.338 e. The van der Waals surface area contributed by atoms with Crippen LogP contribution in [0, 0.1) is 5.92 Å². The van der Waals surface area contributed by atoms with Gasteiger partial charge in [0.1, 0.15) is 0 Å². The van der Waals surface area contributed by atoms with Crippen LogP contribution in [-0.2, 0) is 4.74 Å². The van der Waals surface area contributed by atoms with Gasteiger partial charge in [0.25, 0.3) is 0 Å². The Bertz CT molecular complexity index is 357. The van der Waals surface area contributed by atoms with Crippen molar-refractivity contribution in [2.45, 2.75) is 39.5 Å². The van der Waals surface area contributed by atoms with E-state index in [-0.39, 0.29) is 5.97 Å². The molecule has 0 N–H and O–H groups in total. The molecule has 2 nitrogen and oxygen atoms in total. The number of ether oxygens (including phenoxy) is 1. The van der Waals surface area contributed by atoms with E-state index in [1.165, 1.54) is 12.8 Å². The molecule has 0 aliphatic heterocycles. The summed E-state index contributed by atoms with van der Waals surface area (Å²) in [5, 5.41) is 0.625. The number of hydrogen-bond acceptors (Lipinski definition) is 2. The largest absolute Gasteiger partial charge is 0.462 e. The number of benzene rings is 1. The summed E-state index contributed by atoms with van der Waals surface area (Å²) >= 11 is 5.75. The Morgan fingerprint density at radius 3 is 2.44 bits per heavy atom. The molecule has 1 aromatic carbocycles. The molecule has 1 rings (SSSR count). The first-order valence-corrected chi connectivity index (χ1v) is 6.90. The third-order valence-electron chi connectivity index (χ3n) is 2.74. The number of esters is 1. The van der Waals surface area contributed by atoms with Gasteiger partial charge in [-0.2, -0.15) is 0 Å². The molecule has 0 unspecified atom stereocenters. The van der Waals surface area contributed by atoms with Crippen LogP contribution < -0.4 is 0 Å². The highest BCUT2D eigenvalue weighted by molar-refractivity contribution is 6.30. The fraction of sp³-hybridized carbons (Fsp3) is 0.533. The van der Waals surface area contributed by atoms with Gasteiger partial charge in [0, 0.05) is 5.02 Å². The minimum Gasteiger partial charge on any atom is -0.462 e. The minimum absolute atomic E-state index is 0.268. The van der Waals surface area contributed by atoms with Gasteiger partial charge < -0.3 is 4.74 Å². The van der Waals surface area contributed by atoms with Crippen molar-refractivity contribution >= 4 is 17.6 Å². The molecule has 0 atom stereocenters. The van der Waals surface area contributed by atoms with Crippen molar-refractivity contribution in [3.63, 3.8) is 0 Å². The maximum atomic E-state index is 11.6. The zero-order valence-electron chi connectivity index (χ0n) is 11.1. The lowest BCUT2D eigenvalue weighted by molar-refractivity contribution is 0.0497. The lowest BCUT2D eigenvalue weighted by Gasteiger charge is -2.06. The Morgan fingerprint density at radius 2 is 1.83 bits per heavy atom. The molecule has 18 heavy (non-hydrogen) atoms. The minimum atomic E-state index is -0.268. The monoisotopic (exact) mass is 268 g/mol. The van der Waals surface area contributed by atoms with Gasteiger partial charge in [-0.15, -0.1) is 0 Å². The van der Waals surface area contributed by atoms with Crippen LogP contribution in [0.25, 0.3) is 0 Å². The van der Waals surface area contributed by atoms with Crippen LogP contribution in [0.3, 0.4) is 0 Å². The Morgan fingerprint density at radius 1 is 1.17 bits per heavy atom. The summed E-state index contributed by atoms with van der Waals surface area (Å²) in [6.07, 6.45) is 4.50. The summed E-state index contributed by atoms with van der Waals surface area (Å²) in [7, 11) is 0. The van der Waals surface area contributed by atoms with Crippen molar-refractivity contribution in [3.8, 4) is 0 Å². The number of carbonyl (C=O) groups is 1. The highest BCUT2D eigenvalue weighted by Crippen LogP contribution is 2.11. The van der Waals surface area contributed by atoms with Crippen molar-refractivity contribution in [2.75, 3.05) is 6.61 Å². The Hall–Kier alpha value is -1.02. The summed E-state index contributed by atoms with van der Waals surface area (Å²) in [6, 6.07) is 6.76. The lowest BCUT2D eigenvalue weighted by Crippen LogP contribution is -2.06. The second kappa shape index (κ2) is 8.15. The predicted octanol–water partition coefficient (Wildman–Crippen LogP) is 4.71. The van der Waals surface area contributed by atoms with E-state index in [1.807, 2.05) is 0 Å². The van der Waals surface area contributed by atoms with E-state index in [9.17, 15) is 4.79 Å². The molecule has 0 radical (unpaired) electrons. The fourth-order valence-electron chi connectivity index (χ4n) is 1.67. The van der Waals surface area contributed by atoms with Gasteiger partial charge in [-0.05, 0) is 36.6 Å². The van der Waals surface area contributed by atoms with Gasteiger partial charge >= 0.3 is 5.97 Å². The number of hydrogen-bond donors (Lipinski definition) is 0. The molecule has 0 fully saturated rings. The first kappa shape index (κ1) is 15.0. The molecule has 0 bridgehead atoms. The van der Waals surface area contributed by atoms with E-state index in [1.54, 1.807) is 24.3 Å². The molecule has 1 aromatic rings. The molecule has 0 heterocycles. The van der Waals surface area contributed by atoms with Gasteiger partial charge in [-0.1, -0.05) is 44.7 Å². The van der Waals surface area contributed by atoms with Crippen molar-refractivity contribution < 1.29 is 9.53 Å². The second-order valence-electron chi connectivity index (χ2n) is 4.89. The highest BCUT2D eigenvalue weighted by Gasteiger charge is 2.06. The molecule has 0 spiro atoms. The molecule has 100 valence electrons. The smallest absolute Gasteiger partial charge is 0.338 e. The number of unbranched alkanes of at least 4 members (excludes halogenated alkanes) is 2. The standard InChI is InChI=1S/C15H21ClO2/c1-12(2)6-4-3-5-11-18-15(17)13-7-9-14(16)10-8-13/h7-10,12H,3-6,11H2,1-2H3. The number of halogens is 1. The molecule has 0 amide bonds. The molecule has 3 heteroatoms. The van der Waals surface area contributed by atoms with E-state index < -0.39 is 0 Å². The molecular formula is C15H21ClO2. The van der Waals surface area contributed by atoms with Gasteiger partial charge in [0.2, 0.25) is 0 Å². The maximum absolute atomic E-state index is 11.6. The Kier molecular flexibility index (Phi) is 6.81. The average Bonchev–Trinajstić information content (AvgIpc) is 2.34. The van der Waals surface area contributed by atoms with Crippen molar-refractivity contribution in [1.82, 2.24) is 0 Å². The van der Waals surface area contributed by atoms with Crippen molar-refractivity contribution in [3.05, 3.63) is 34.9 Å². The Labute approximate surface area is 114 Å². The molecule has 0 saturated heterocycles. The molecule has 0 aliphatic rings. The number of rotatable bonds is 7. The SMILES string of the molecule is CC(C)CCCCCOC(=O)c1ccc(Cl)cc1. The summed E-state index contributed by atoms with van der Waals surface area (Å²) in [4.78, 5) is 11.6. The van der Waals surface area contributed by atoms with Crippen LogP contribution in [0.5, 0.6) is 0 Å². The normalized spacial score (nSPS) is 10.7. The molecule has 0 aromatic heterocycles. The van der Waals surface area contributed by atoms with Gasteiger partial charge in [0.05, 0.1) is 12.2 Å². The summed E-state index contributed by atoms with van der Waals surface area (Å²) in [5.41, 5.74) is 0.557. The van der Waals surface area contributed by atoms with Gasteiger partial charge in [-0.3, -0.25) is 0 Å². The van der Waals surface area contributed by atoms with E-state index in [0.717, 1.165) is 18.8 Å². The van der Waals surface area contributed by atoms with Gasteiger partial charge in [-0.25, -0.2) is 4.79 Å². The topological polar surface area (TPSA) is 26.3 Å². The fourth-order valence-corrected chi connectivity index (χ4v) is 1.79. The highest BCUT2D eigenvalue weighted by atomic mass is 35.5.